The van der Waals surface area contributed by atoms with Gasteiger partial charge in [0.05, 0.1) is 5.39 Å². The van der Waals surface area contributed by atoms with E-state index in [9.17, 15) is 13.2 Å². The van der Waals surface area contributed by atoms with Crippen LogP contribution in [0, 0.1) is 17.5 Å². The molecule has 3 N–H and O–H groups in total. The van der Waals surface area contributed by atoms with Crippen LogP contribution in [-0.2, 0) is 0 Å². The number of aromatic nitrogens is 1. The van der Waals surface area contributed by atoms with Gasteiger partial charge in [0.25, 0.3) is 0 Å². The highest BCUT2D eigenvalue weighted by molar-refractivity contribution is 5.92. The molecule has 1 aromatic heterocycles. The van der Waals surface area contributed by atoms with Gasteiger partial charge in [0, 0.05) is 19.3 Å². The summed E-state index contributed by atoms with van der Waals surface area (Å²) in [4.78, 5) is 3.88. The molecule has 0 saturated carbocycles. The van der Waals surface area contributed by atoms with E-state index in [4.69, 9.17) is 5.73 Å². The Balaban J connectivity index is 2.66. The Kier molecular flexibility index (Phi) is 3.14. The van der Waals surface area contributed by atoms with Gasteiger partial charge >= 0.3 is 0 Å². The van der Waals surface area contributed by atoms with E-state index in [1.54, 1.807) is 0 Å². The van der Waals surface area contributed by atoms with Crippen molar-refractivity contribution in [3.05, 3.63) is 35.8 Å². The quantitative estimate of drug-likeness (QED) is 0.808. The Morgan fingerprint density at radius 2 is 2.00 bits per heavy atom. The maximum Gasteiger partial charge on any atom is 0.195 e. The van der Waals surface area contributed by atoms with Crippen molar-refractivity contribution < 1.29 is 13.2 Å². The Hall–Kier alpha value is -1.82. The average molecular weight is 241 g/mol. The molecule has 0 aliphatic rings. The Bertz CT molecular complexity index is 557. The number of benzene rings is 1. The SMILES string of the molecule is NCCNc1nccc2cc(F)c(F)c(F)c12. The number of rotatable bonds is 3. The fourth-order valence-electron chi connectivity index (χ4n) is 1.57. The molecule has 0 unspecified atom stereocenters. The van der Waals surface area contributed by atoms with Crippen molar-refractivity contribution in [1.82, 2.24) is 4.98 Å². The van der Waals surface area contributed by atoms with Crippen LogP contribution in [0.1, 0.15) is 0 Å². The summed E-state index contributed by atoms with van der Waals surface area (Å²) in [6, 6.07) is 2.34. The first-order valence-corrected chi connectivity index (χ1v) is 5.01. The predicted octanol–water partition coefficient (Wildman–Crippen LogP) is 2.02. The van der Waals surface area contributed by atoms with Gasteiger partial charge in [-0.25, -0.2) is 18.2 Å². The summed E-state index contributed by atoms with van der Waals surface area (Å²) >= 11 is 0. The van der Waals surface area contributed by atoms with Crippen LogP contribution in [0.4, 0.5) is 19.0 Å². The Morgan fingerprint density at radius 1 is 1.24 bits per heavy atom. The van der Waals surface area contributed by atoms with E-state index in [0.29, 0.717) is 13.1 Å². The number of hydrogen-bond donors (Lipinski definition) is 2. The van der Waals surface area contributed by atoms with Gasteiger partial charge in [-0.3, -0.25) is 0 Å². The summed E-state index contributed by atoms with van der Waals surface area (Å²) in [6.07, 6.45) is 1.39. The second kappa shape index (κ2) is 4.58. The molecule has 0 amide bonds. The molecule has 1 aromatic carbocycles. The van der Waals surface area contributed by atoms with Gasteiger partial charge in [-0.2, -0.15) is 0 Å². The third kappa shape index (κ3) is 2.03. The van der Waals surface area contributed by atoms with E-state index in [-0.39, 0.29) is 16.6 Å². The van der Waals surface area contributed by atoms with Gasteiger partial charge in [-0.05, 0) is 17.5 Å². The third-order valence-electron chi connectivity index (χ3n) is 2.32. The molecule has 0 atom stereocenters. The van der Waals surface area contributed by atoms with Crippen molar-refractivity contribution in [3.63, 3.8) is 0 Å². The minimum Gasteiger partial charge on any atom is -0.368 e. The van der Waals surface area contributed by atoms with Crippen LogP contribution in [0.15, 0.2) is 18.3 Å². The first kappa shape index (κ1) is 11.7. The lowest BCUT2D eigenvalue weighted by molar-refractivity contribution is 0.453. The highest BCUT2D eigenvalue weighted by Crippen LogP contribution is 2.27. The van der Waals surface area contributed by atoms with Crippen LogP contribution in [0.5, 0.6) is 0 Å². The minimum atomic E-state index is -1.50. The van der Waals surface area contributed by atoms with Gasteiger partial charge in [0.2, 0.25) is 0 Å². The molecule has 0 fully saturated rings. The number of nitrogens with one attached hydrogen (secondary N) is 1. The van der Waals surface area contributed by atoms with Crippen molar-refractivity contribution in [1.29, 1.82) is 0 Å². The molecule has 6 heteroatoms. The summed E-state index contributed by atoms with van der Waals surface area (Å²) in [5.74, 6) is -3.80. The van der Waals surface area contributed by atoms with Gasteiger partial charge in [-0.15, -0.1) is 0 Å². The lowest BCUT2D eigenvalue weighted by Gasteiger charge is -2.09. The topological polar surface area (TPSA) is 50.9 Å². The van der Waals surface area contributed by atoms with E-state index < -0.39 is 17.5 Å². The molecule has 17 heavy (non-hydrogen) atoms. The minimum absolute atomic E-state index is 0.0696. The lowest BCUT2D eigenvalue weighted by Crippen LogP contribution is -2.14. The average Bonchev–Trinajstić information content (AvgIpc) is 2.33. The second-order valence-electron chi connectivity index (χ2n) is 3.46. The molecule has 3 nitrogen and oxygen atoms in total. The smallest absolute Gasteiger partial charge is 0.195 e. The molecule has 2 aromatic rings. The van der Waals surface area contributed by atoms with Crippen LogP contribution < -0.4 is 11.1 Å². The number of anilines is 1. The first-order chi connectivity index (χ1) is 8.15. The van der Waals surface area contributed by atoms with Gasteiger partial charge in [0.1, 0.15) is 5.82 Å². The standard InChI is InChI=1S/C11H10F3N3/c12-7-5-6-1-3-16-11(17-4-2-15)8(6)10(14)9(7)13/h1,3,5H,2,4,15H2,(H,16,17). The monoisotopic (exact) mass is 241 g/mol. The van der Waals surface area contributed by atoms with Crippen molar-refractivity contribution in [2.24, 2.45) is 5.73 Å². The van der Waals surface area contributed by atoms with Crippen LogP contribution in [0.3, 0.4) is 0 Å². The largest absolute Gasteiger partial charge is 0.368 e. The highest BCUT2D eigenvalue weighted by atomic mass is 19.2. The first-order valence-electron chi connectivity index (χ1n) is 5.01. The van der Waals surface area contributed by atoms with Crippen molar-refractivity contribution in [3.8, 4) is 0 Å². The zero-order valence-corrected chi connectivity index (χ0v) is 8.80. The summed E-state index contributed by atoms with van der Waals surface area (Å²) in [5.41, 5.74) is 5.29. The molecule has 0 aliphatic heterocycles. The normalized spacial score (nSPS) is 10.8. The van der Waals surface area contributed by atoms with Gasteiger partial charge in [0.15, 0.2) is 17.5 Å². The van der Waals surface area contributed by atoms with Crippen LogP contribution in [-0.4, -0.2) is 18.1 Å². The zero-order valence-electron chi connectivity index (χ0n) is 8.80. The molecule has 0 aliphatic carbocycles. The van der Waals surface area contributed by atoms with E-state index in [0.717, 1.165) is 6.07 Å². The Morgan fingerprint density at radius 3 is 2.71 bits per heavy atom. The van der Waals surface area contributed by atoms with Crippen molar-refractivity contribution in [2.45, 2.75) is 0 Å². The van der Waals surface area contributed by atoms with Crippen LogP contribution in [0.2, 0.25) is 0 Å². The fraction of sp³-hybridized carbons (Fsp3) is 0.182. The lowest BCUT2D eigenvalue weighted by atomic mass is 10.1. The summed E-state index contributed by atoms with van der Waals surface area (Å²) < 4.78 is 39.8. The molecular formula is C11H10F3N3. The maximum atomic E-state index is 13.6. The molecule has 0 radical (unpaired) electrons. The fourth-order valence-corrected chi connectivity index (χ4v) is 1.57. The van der Waals surface area contributed by atoms with Crippen LogP contribution >= 0.6 is 0 Å². The predicted molar refractivity (Wildman–Crippen MR) is 59.2 cm³/mol. The molecule has 0 saturated heterocycles. The van der Waals surface area contributed by atoms with Crippen molar-refractivity contribution >= 4 is 16.6 Å². The number of halogens is 3. The molecule has 0 spiro atoms. The second-order valence-corrected chi connectivity index (χ2v) is 3.46. The van der Waals surface area contributed by atoms with Crippen LogP contribution in [0.25, 0.3) is 10.8 Å². The molecule has 0 bridgehead atoms. The number of pyridine rings is 1. The molecular weight excluding hydrogens is 231 g/mol. The Labute approximate surface area is 95.4 Å². The summed E-state index contributed by atoms with van der Waals surface area (Å²) in [6.45, 7) is 0.688. The van der Waals surface area contributed by atoms with E-state index >= 15 is 0 Å². The summed E-state index contributed by atoms with van der Waals surface area (Å²) in [5, 5.41) is 2.94. The van der Waals surface area contributed by atoms with Crippen molar-refractivity contribution in [2.75, 3.05) is 18.4 Å². The van der Waals surface area contributed by atoms with Gasteiger partial charge in [-0.1, -0.05) is 0 Å². The molecule has 2 rings (SSSR count). The molecule has 1 heterocycles. The third-order valence-corrected chi connectivity index (χ3v) is 2.32. The number of nitrogens with two attached hydrogens (primary N) is 1. The number of fused-ring (bicyclic) bond motifs is 1. The summed E-state index contributed by atoms with van der Waals surface area (Å²) in [7, 11) is 0. The zero-order chi connectivity index (χ0) is 12.4. The van der Waals surface area contributed by atoms with Gasteiger partial charge < -0.3 is 11.1 Å². The molecule has 90 valence electrons. The van der Waals surface area contributed by atoms with E-state index in [1.807, 2.05) is 0 Å². The van der Waals surface area contributed by atoms with E-state index in [1.165, 1.54) is 12.3 Å². The number of nitrogens with zero attached hydrogens (tertiary/aromatic N) is 1. The van der Waals surface area contributed by atoms with E-state index in [2.05, 4.69) is 10.3 Å². The maximum absolute atomic E-state index is 13.6. The number of hydrogen-bond acceptors (Lipinski definition) is 3. The highest BCUT2D eigenvalue weighted by Gasteiger charge is 2.16.